The lowest BCUT2D eigenvalue weighted by Crippen LogP contribution is -2.26. The minimum absolute atomic E-state index is 0.0179. The van der Waals surface area contributed by atoms with Gasteiger partial charge in [-0.25, -0.2) is 4.79 Å². The van der Waals surface area contributed by atoms with Gasteiger partial charge in [0.25, 0.3) is 5.91 Å². The van der Waals surface area contributed by atoms with E-state index in [0.29, 0.717) is 40.5 Å². The topological polar surface area (TPSA) is 186 Å². The third-order valence-corrected chi connectivity index (χ3v) is 6.58. The molecule has 3 amide bonds. The first-order valence-electron chi connectivity index (χ1n) is 14.5. The van der Waals surface area contributed by atoms with Gasteiger partial charge in [0, 0.05) is 31.0 Å². The van der Waals surface area contributed by atoms with Gasteiger partial charge < -0.3 is 40.4 Å². The average Bonchev–Trinajstić information content (AvgIpc) is 3.47. The predicted molar refractivity (Wildman–Crippen MR) is 169 cm³/mol. The van der Waals surface area contributed by atoms with Crippen molar-refractivity contribution in [2.45, 2.75) is 26.7 Å². The molecule has 1 heterocycles. The minimum atomic E-state index is -0.575. The number of hydrogen-bond donors (Lipinski definition) is 5. The van der Waals surface area contributed by atoms with Gasteiger partial charge in [0.1, 0.15) is 36.2 Å². The zero-order valence-corrected chi connectivity index (χ0v) is 25.9. The fraction of sp³-hybridized carbons (Fsp3) is 0.281. The molecule has 0 unspecified atom stereocenters. The number of carbonyl (C=O) groups excluding carboxylic acids is 3. The van der Waals surface area contributed by atoms with Crippen molar-refractivity contribution in [3.63, 3.8) is 0 Å². The monoisotopic (exact) mass is 632 g/mol. The van der Waals surface area contributed by atoms with Crippen LogP contribution in [0.15, 0.2) is 60.7 Å². The van der Waals surface area contributed by atoms with Crippen LogP contribution in [0, 0.1) is 0 Å². The number of anilines is 1. The Kier molecular flexibility index (Phi) is 11.1. The number of rotatable bonds is 13. The molecule has 0 spiro atoms. The second-order valence-corrected chi connectivity index (χ2v) is 10.2. The largest absolute Gasteiger partial charge is 0.508 e. The molecular formula is C32H36N6O8. The van der Waals surface area contributed by atoms with E-state index in [-0.39, 0.29) is 54.8 Å². The molecule has 0 bridgehead atoms. The molecule has 0 aliphatic carbocycles. The van der Waals surface area contributed by atoms with Crippen LogP contribution in [0.1, 0.15) is 42.9 Å². The normalized spacial score (nSPS) is 10.8. The second-order valence-electron chi connectivity index (χ2n) is 10.2. The molecule has 0 atom stereocenters. The SMILES string of the molecule is CCNC(=O)c1nnc(-c2cc(C(C)C)c(O)cc2O)n1-c1ccc(Oc2ccc(NC(=O)COCCOC(=O)NC)cc2)cc1. The maximum Gasteiger partial charge on any atom is 0.406 e. The Balaban J connectivity index is 1.47. The molecule has 0 saturated heterocycles. The Morgan fingerprint density at radius 1 is 0.913 bits per heavy atom. The molecule has 4 rings (SSSR count). The molecule has 14 heteroatoms. The zero-order valence-electron chi connectivity index (χ0n) is 25.9. The summed E-state index contributed by atoms with van der Waals surface area (Å²) in [6.07, 6.45) is -0.575. The summed E-state index contributed by atoms with van der Waals surface area (Å²) in [5.74, 6) is 0.133. The fourth-order valence-electron chi connectivity index (χ4n) is 4.36. The van der Waals surface area contributed by atoms with Crippen molar-refractivity contribution in [2.75, 3.05) is 38.7 Å². The number of ether oxygens (including phenoxy) is 3. The van der Waals surface area contributed by atoms with Crippen molar-refractivity contribution in [1.29, 1.82) is 0 Å². The van der Waals surface area contributed by atoms with Crippen molar-refractivity contribution in [3.8, 4) is 40.1 Å². The van der Waals surface area contributed by atoms with Crippen LogP contribution in [0.2, 0.25) is 0 Å². The van der Waals surface area contributed by atoms with Crippen molar-refractivity contribution >= 4 is 23.6 Å². The van der Waals surface area contributed by atoms with Crippen molar-refractivity contribution in [2.24, 2.45) is 0 Å². The molecule has 0 saturated carbocycles. The standard InChI is InChI=1S/C32H36N6O8/c1-5-34-31(42)30-37-36-29(25-16-24(19(2)3)26(39)17-27(25)40)38(30)21-8-12-23(13-9-21)46-22-10-6-20(7-11-22)35-28(41)18-44-14-15-45-32(43)33-4/h6-13,16-17,19,39-40H,5,14-15,18H2,1-4H3,(H,33,43)(H,34,42)(H,35,41). The summed E-state index contributed by atoms with van der Waals surface area (Å²) in [6, 6.07) is 16.5. The van der Waals surface area contributed by atoms with Gasteiger partial charge in [-0.1, -0.05) is 13.8 Å². The number of benzene rings is 3. The highest BCUT2D eigenvalue weighted by molar-refractivity contribution is 5.92. The first-order valence-corrected chi connectivity index (χ1v) is 14.5. The van der Waals surface area contributed by atoms with Gasteiger partial charge in [-0.15, -0.1) is 10.2 Å². The molecular weight excluding hydrogens is 596 g/mol. The van der Waals surface area contributed by atoms with Crippen molar-refractivity contribution in [1.82, 2.24) is 25.4 Å². The van der Waals surface area contributed by atoms with E-state index in [2.05, 4.69) is 26.1 Å². The maximum absolute atomic E-state index is 12.9. The van der Waals surface area contributed by atoms with Crippen molar-refractivity contribution in [3.05, 3.63) is 72.1 Å². The lowest BCUT2D eigenvalue weighted by molar-refractivity contribution is -0.120. The van der Waals surface area contributed by atoms with E-state index < -0.39 is 12.0 Å². The number of aromatic nitrogens is 3. The molecule has 0 fully saturated rings. The highest BCUT2D eigenvalue weighted by atomic mass is 16.6. The number of aromatic hydroxyl groups is 2. The van der Waals surface area contributed by atoms with E-state index in [1.54, 1.807) is 61.5 Å². The lowest BCUT2D eigenvalue weighted by atomic mass is 9.98. The van der Waals surface area contributed by atoms with E-state index in [1.807, 2.05) is 13.8 Å². The van der Waals surface area contributed by atoms with Gasteiger partial charge in [-0.05, 0) is 73.0 Å². The van der Waals surface area contributed by atoms with Crippen LogP contribution in [-0.4, -0.2) is 76.3 Å². The predicted octanol–water partition coefficient (Wildman–Crippen LogP) is 4.32. The summed E-state index contributed by atoms with van der Waals surface area (Å²) < 4.78 is 17.5. The summed E-state index contributed by atoms with van der Waals surface area (Å²) in [6.45, 7) is 5.89. The smallest absolute Gasteiger partial charge is 0.406 e. The Labute approximate surface area is 265 Å². The molecule has 0 aliphatic rings. The maximum atomic E-state index is 12.9. The van der Waals surface area contributed by atoms with Gasteiger partial charge in [-0.2, -0.15) is 0 Å². The Morgan fingerprint density at radius 3 is 2.22 bits per heavy atom. The Hall–Kier alpha value is -5.63. The van der Waals surface area contributed by atoms with E-state index in [1.165, 1.54) is 17.7 Å². The minimum Gasteiger partial charge on any atom is -0.508 e. The fourth-order valence-corrected chi connectivity index (χ4v) is 4.36. The number of phenols is 2. The first-order chi connectivity index (χ1) is 22.1. The third kappa shape index (κ3) is 8.30. The van der Waals surface area contributed by atoms with Crippen LogP contribution in [0.25, 0.3) is 17.1 Å². The van der Waals surface area contributed by atoms with Crippen LogP contribution in [0.3, 0.4) is 0 Å². The highest BCUT2D eigenvalue weighted by Gasteiger charge is 2.24. The van der Waals surface area contributed by atoms with Crippen molar-refractivity contribution < 1.29 is 38.8 Å². The van der Waals surface area contributed by atoms with Crippen LogP contribution in [0.5, 0.6) is 23.0 Å². The van der Waals surface area contributed by atoms with Gasteiger partial charge >= 0.3 is 6.09 Å². The quantitative estimate of drug-likeness (QED) is 0.133. The molecule has 0 aliphatic heterocycles. The van der Waals surface area contributed by atoms with Gasteiger partial charge in [0.2, 0.25) is 11.7 Å². The molecule has 14 nitrogen and oxygen atoms in total. The molecule has 0 radical (unpaired) electrons. The summed E-state index contributed by atoms with van der Waals surface area (Å²) in [4.78, 5) is 36.0. The summed E-state index contributed by atoms with van der Waals surface area (Å²) in [5, 5.41) is 37.2. The second kappa shape index (κ2) is 15.4. The molecule has 242 valence electrons. The number of nitrogens with one attached hydrogen (secondary N) is 3. The number of nitrogens with zero attached hydrogens (tertiary/aromatic N) is 3. The third-order valence-electron chi connectivity index (χ3n) is 6.58. The van der Waals surface area contributed by atoms with Crippen LogP contribution in [-0.2, 0) is 14.3 Å². The lowest BCUT2D eigenvalue weighted by Gasteiger charge is -2.15. The summed E-state index contributed by atoms with van der Waals surface area (Å²) in [7, 11) is 1.45. The van der Waals surface area contributed by atoms with E-state index in [9.17, 15) is 24.6 Å². The van der Waals surface area contributed by atoms with Gasteiger partial charge in [0.05, 0.1) is 12.2 Å². The van der Waals surface area contributed by atoms with Gasteiger partial charge in [0.15, 0.2) is 5.82 Å². The molecule has 4 aromatic rings. The van der Waals surface area contributed by atoms with E-state index in [4.69, 9.17) is 14.2 Å². The average molecular weight is 633 g/mol. The summed E-state index contributed by atoms with van der Waals surface area (Å²) in [5.41, 5.74) is 1.98. The number of amides is 3. The van der Waals surface area contributed by atoms with Gasteiger partial charge in [-0.3, -0.25) is 14.2 Å². The van der Waals surface area contributed by atoms with Crippen LogP contribution < -0.4 is 20.7 Å². The number of phenolic OH excluding ortho intramolecular Hbond substituents is 2. The molecule has 3 aromatic carbocycles. The first kappa shape index (κ1) is 33.3. The Bertz CT molecular complexity index is 1670. The molecule has 46 heavy (non-hydrogen) atoms. The van der Waals surface area contributed by atoms with Crippen LogP contribution >= 0.6 is 0 Å². The van der Waals surface area contributed by atoms with Crippen LogP contribution in [0.4, 0.5) is 10.5 Å². The van der Waals surface area contributed by atoms with E-state index in [0.717, 1.165) is 0 Å². The number of alkyl carbamates (subject to hydrolysis) is 1. The van der Waals surface area contributed by atoms with E-state index >= 15 is 0 Å². The number of carbonyl (C=O) groups is 3. The molecule has 1 aromatic heterocycles. The molecule has 5 N–H and O–H groups in total. The highest BCUT2D eigenvalue weighted by Crippen LogP contribution is 2.38. The Morgan fingerprint density at radius 2 is 1.59 bits per heavy atom. The zero-order chi connectivity index (χ0) is 33.2. The number of hydrogen-bond acceptors (Lipinski definition) is 10. The summed E-state index contributed by atoms with van der Waals surface area (Å²) >= 11 is 0.